The molecular formula is C50H71N4O32P2-. The van der Waals surface area contributed by atoms with Crippen molar-refractivity contribution in [3.05, 3.63) is 22.7 Å². The van der Waals surface area contributed by atoms with Crippen LogP contribution >= 0.6 is 15.4 Å². The minimum absolute atomic E-state index is 0.176. The number of anilines is 1. The first kappa shape index (κ1) is 73.6. The Morgan fingerprint density at radius 3 is 1.72 bits per heavy atom. The molecule has 8 unspecified atom stereocenters. The van der Waals surface area contributed by atoms with Crippen LogP contribution in [0.2, 0.25) is 0 Å². The fourth-order valence-corrected chi connectivity index (χ4v) is 11.8. The van der Waals surface area contributed by atoms with E-state index in [0.29, 0.717) is 0 Å². The molecule has 2 amide bonds. The molecule has 3 fully saturated rings. The zero-order chi connectivity index (χ0) is 66.2. The number of rotatable bonds is 29. The molecule has 88 heavy (non-hydrogen) atoms. The number of aromatic nitrogens is 2. The van der Waals surface area contributed by atoms with Crippen molar-refractivity contribution in [2.24, 2.45) is 0 Å². The van der Waals surface area contributed by atoms with Crippen molar-refractivity contribution >= 4 is 86.8 Å². The van der Waals surface area contributed by atoms with Crippen molar-refractivity contribution in [2.75, 3.05) is 52.1 Å². The van der Waals surface area contributed by atoms with Crippen LogP contribution in [0.5, 0.6) is 0 Å². The molecule has 36 nitrogen and oxygen atoms in total. The van der Waals surface area contributed by atoms with Gasteiger partial charge in [0.15, 0.2) is 55.2 Å². The van der Waals surface area contributed by atoms with Crippen molar-refractivity contribution in [3.8, 4) is 0 Å². The van der Waals surface area contributed by atoms with Gasteiger partial charge in [-0.3, -0.25) is 66.4 Å². The second-order valence-corrected chi connectivity index (χ2v) is 23.5. The van der Waals surface area contributed by atoms with E-state index in [1.807, 2.05) is 0 Å². The molecule has 4 rings (SSSR count). The Morgan fingerprint density at radius 2 is 1.20 bits per heavy atom. The second-order valence-electron chi connectivity index (χ2n) is 19.8. The third-order valence-electron chi connectivity index (χ3n) is 12.6. The molecule has 0 aromatic carbocycles. The van der Waals surface area contributed by atoms with Crippen molar-refractivity contribution < 1.29 is 146 Å². The minimum Gasteiger partial charge on any atom is -0.756 e. The summed E-state index contributed by atoms with van der Waals surface area (Å²) in [5.41, 5.74) is -3.48. The molecule has 3 aliphatic rings. The highest BCUT2D eigenvalue weighted by molar-refractivity contribution is 7.53. The number of hydrogen-bond donors (Lipinski definition) is 2. The van der Waals surface area contributed by atoms with E-state index < -0.39 is 223 Å². The first-order chi connectivity index (χ1) is 41.0. The number of phosphoric acid groups is 1. The predicted molar refractivity (Wildman–Crippen MR) is 283 cm³/mol. The van der Waals surface area contributed by atoms with Crippen molar-refractivity contribution in [2.45, 2.75) is 180 Å². The van der Waals surface area contributed by atoms with Crippen molar-refractivity contribution in [1.82, 2.24) is 14.9 Å². The summed E-state index contributed by atoms with van der Waals surface area (Å²) < 4.78 is 125. The van der Waals surface area contributed by atoms with Gasteiger partial charge in [-0.25, -0.2) is 4.79 Å². The average Bonchev–Trinajstić information content (AvgIpc) is 1.15. The number of phosphoric ester groups is 1. The van der Waals surface area contributed by atoms with Crippen LogP contribution in [-0.2, 0) is 142 Å². The van der Waals surface area contributed by atoms with Gasteiger partial charge in [-0.05, 0) is 12.5 Å². The monoisotopic (exact) mass is 1300 g/mol. The summed E-state index contributed by atoms with van der Waals surface area (Å²) in [4.78, 5) is 169. The zero-order valence-corrected chi connectivity index (χ0v) is 51.8. The fourth-order valence-electron chi connectivity index (χ4n) is 9.49. The van der Waals surface area contributed by atoms with E-state index >= 15 is 0 Å². The largest absolute Gasteiger partial charge is 0.756 e. The molecule has 494 valence electrons. The Labute approximate surface area is 502 Å². The normalized spacial score (nSPS) is 27.8. The average molecular weight is 1300 g/mol. The van der Waals surface area contributed by atoms with Gasteiger partial charge in [0.2, 0.25) is 11.8 Å². The SMILES string of the molecule is CO[C@@H]1OC(COP(=O)([O-])OC[C@]2(CCP(=O)(OC)OC[C@H]3O[C@@H](n4ccc(NC(C)=O)nc4=O)C(OC(C)=O)C3OC(C)=O)C[C@@H](OC(C)=O)[C@@H](NC(C)=O)C([C@H](OC(C)=O)[C@@H](COC(C)=O)OC(C)=O)O2)[C@H](OC(C)=O)C(OC(C)=O)C1OC(C)=O. The topological polar surface area (TPSA) is 461 Å². The molecule has 0 aliphatic carbocycles. The number of nitrogens with one attached hydrogen (secondary N) is 2. The quantitative estimate of drug-likeness (QED) is 0.0567. The third-order valence-corrected chi connectivity index (χ3v) is 15.4. The van der Waals surface area contributed by atoms with Gasteiger partial charge >= 0.3 is 67.0 Å². The Kier molecular flexibility index (Phi) is 27.3. The summed E-state index contributed by atoms with van der Waals surface area (Å²) in [6.45, 7) is 6.57. The lowest BCUT2D eigenvalue weighted by molar-refractivity contribution is -0.304. The molecular weight excluding hydrogens is 1230 g/mol. The number of methoxy groups -OCH3 is 1. The molecule has 2 N–H and O–H groups in total. The summed E-state index contributed by atoms with van der Waals surface area (Å²) in [6, 6.07) is -0.466. The number of nitrogens with zero attached hydrogens (tertiary/aromatic N) is 2. The van der Waals surface area contributed by atoms with E-state index in [0.717, 1.165) is 101 Å². The van der Waals surface area contributed by atoms with Gasteiger partial charge in [-0.2, -0.15) is 4.98 Å². The van der Waals surface area contributed by atoms with Gasteiger partial charge in [-0.15, -0.1) is 0 Å². The Hall–Kier alpha value is -6.85. The van der Waals surface area contributed by atoms with Crippen LogP contribution < -0.4 is 21.2 Å². The Morgan fingerprint density at radius 1 is 0.670 bits per heavy atom. The standard InChI is InChI=1S/C50H72N4O32P2/c1-23(55)51-38-14-16-54(49(66)53-38)47-45(82-32(10)64)42(80-30(8)62)36(84-47)20-73-87(67,71-13)17-15-50(22-75-88(68,69)74-21-37-41(79-29(7)61)44(81-31(9)63)46(83-33(11)65)48(70-12)85-37)18-34(76-26(4)58)39(52-24(2)56)43(86-50)40(78-28(6)60)35(77-27(5)59)19-72-25(3)57/h14,16,34-37,39-48H,15,17-22H2,1-13H3,(H,52,56)(H,68,69)(H,51,53,55,66)/p-1/t34-,35-,36-,37?,39-,40-,41+,42?,43?,44?,45?,46?,47-,48-,50+,87?/m1/s1. The lowest BCUT2D eigenvalue weighted by Gasteiger charge is -2.51. The molecule has 38 heteroatoms. The van der Waals surface area contributed by atoms with Crippen LogP contribution in [0.15, 0.2) is 17.1 Å². The summed E-state index contributed by atoms with van der Waals surface area (Å²) in [5, 5.41) is 4.85. The van der Waals surface area contributed by atoms with E-state index in [2.05, 4.69) is 15.6 Å². The van der Waals surface area contributed by atoms with Crippen LogP contribution in [0.4, 0.5) is 5.82 Å². The second kappa shape index (κ2) is 32.6. The lowest BCUT2D eigenvalue weighted by Crippen LogP contribution is -2.68. The molecule has 3 aliphatic heterocycles. The molecule has 0 saturated carbocycles. The smallest absolute Gasteiger partial charge is 0.351 e. The molecule has 0 bridgehead atoms. The first-order valence-electron chi connectivity index (χ1n) is 26.6. The molecule has 17 atom stereocenters. The number of esters is 9. The van der Waals surface area contributed by atoms with Crippen LogP contribution in [-0.4, -0.2) is 207 Å². The number of amides is 2. The van der Waals surface area contributed by atoms with Crippen LogP contribution in [0, 0.1) is 0 Å². The first-order valence-corrected chi connectivity index (χ1v) is 29.8. The van der Waals surface area contributed by atoms with Gasteiger partial charge in [0.25, 0.3) is 7.82 Å². The maximum Gasteiger partial charge on any atom is 0.351 e. The number of carbonyl (C=O) groups excluding carboxylic acids is 11. The summed E-state index contributed by atoms with van der Waals surface area (Å²) in [6.07, 6.45) is -23.9. The van der Waals surface area contributed by atoms with E-state index in [1.54, 1.807) is 0 Å². The van der Waals surface area contributed by atoms with Gasteiger partial charge in [-0.1, -0.05) is 0 Å². The van der Waals surface area contributed by atoms with Gasteiger partial charge in [0, 0.05) is 103 Å². The van der Waals surface area contributed by atoms with Crippen LogP contribution in [0.3, 0.4) is 0 Å². The predicted octanol–water partition coefficient (Wildman–Crippen LogP) is -0.733. The highest BCUT2D eigenvalue weighted by Gasteiger charge is 2.57. The zero-order valence-electron chi connectivity index (χ0n) is 50.0. The third kappa shape index (κ3) is 22.0. The van der Waals surface area contributed by atoms with Gasteiger partial charge in [0.1, 0.15) is 36.8 Å². The highest BCUT2D eigenvalue weighted by atomic mass is 31.2. The molecule has 0 radical (unpaired) electrons. The van der Waals surface area contributed by atoms with E-state index in [4.69, 9.17) is 79.7 Å². The maximum atomic E-state index is 15.0. The summed E-state index contributed by atoms with van der Waals surface area (Å²) in [5.74, 6) is -10.6. The molecule has 3 saturated heterocycles. The minimum atomic E-state index is -5.88. The van der Waals surface area contributed by atoms with E-state index in [9.17, 15) is 71.6 Å². The van der Waals surface area contributed by atoms with Gasteiger partial charge in [0.05, 0.1) is 37.6 Å². The maximum absolute atomic E-state index is 15.0. The van der Waals surface area contributed by atoms with E-state index in [-0.39, 0.29) is 5.82 Å². The fraction of sp³-hybridized carbons (Fsp3) is 0.700. The van der Waals surface area contributed by atoms with Crippen molar-refractivity contribution in [3.63, 3.8) is 0 Å². The molecule has 1 aromatic rings. The number of hydrogen-bond acceptors (Lipinski definition) is 33. The summed E-state index contributed by atoms with van der Waals surface area (Å²) in [7, 11) is -8.63. The Bertz CT molecular complexity index is 2890. The number of ether oxygens (including phenoxy) is 13. The molecule has 1 aromatic heterocycles. The van der Waals surface area contributed by atoms with E-state index in [1.165, 1.54) is 6.07 Å². The van der Waals surface area contributed by atoms with Crippen LogP contribution in [0.25, 0.3) is 0 Å². The van der Waals surface area contributed by atoms with Gasteiger partial charge < -0.3 is 95.2 Å². The summed E-state index contributed by atoms with van der Waals surface area (Å²) >= 11 is 0. The molecule has 0 spiro atoms. The Balaban J connectivity index is 1.87. The molecule has 4 heterocycles. The lowest BCUT2D eigenvalue weighted by atomic mass is 9.82. The van der Waals surface area contributed by atoms with Crippen LogP contribution in [0.1, 0.15) is 95.2 Å². The number of carbonyl (C=O) groups is 11. The highest BCUT2D eigenvalue weighted by Crippen LogP contribution is 2.53. The van der Waals surface area contributed by atoms with Crippen molar-refractivity contribution in [1.29, 1.82) is 0 Å².